The van der Waals surface area contributed by atoms with Gasteiger partial charge in [-0.05, 0) is 61.9 Å². The van der Waals surface area contributed by atoms with Crippen LogP contribution in [0.4, 0.5) is 0 Å². The molecule has 2 aromatic carbocycles. The van der Waals surface area contributed by atoms with E-state index in [1.807, 2.05) is 0 Å². The van der Waals surface area contributed by atoms with Crippen LogP contribution in [-0.2, 0) is 13.0 Å². The van der Waals surface area contributed by atoms with Crippen molar-refractivity contribution in [3.63, 3.8) is 0 Å². The lowest BCUT2D eigenvalue weighted by Gasteiger charge is -2.22. The van der Waals surface area contributed by atoms with E-state index < -0.39 is 0 Å². The Morgan fingerprint density at radius 1 is 1.10 bits per heavy atom. The van der Waals surface area contributed by atoms with E-state index in [-0.39, 0.29) is 6.04 Å². The lowest BCUT2D eigenvalue weighted by atomic mass is 9.88. The standard InChI is InChI=1S/C19H23NO/c1-13-8-14(2)10-15(9-13)12-21-17-7-6-16-4-3-5-19(20)18(16)11-17/h6-11,19H,3-5,12,20H2,1-2H3. The quantitative estimate of drug-likeness (QED) is 0.914. The fourth-order valence-corrected chi connectivity index (χ4v) is 3.22. The number of aryl methyl sites for hydroxylation is 3. The van der Waals surface area contributed by atoms with Crippen LogP contribution in [-0.4, -0.2) is 0 Å². The number of fused-ring (bicyclic) bond motifs is 1. The minimum Gasteiger partial charge on any atom is -0.489 e. The van der Waals surface area contributed by atoms with Gasteiger partial charge in [-0.1, -0.05) is 35.4 Å². The molecule has 0 amide bonds. The monoisotopic (exact) mass is 281 g/mol. The zero-order valence-electron chi connectivity index (χ0n) is 12.9. The van der Waals surface area contributed by atoms with Gasteiger partial charge in [0.05, 0.1) is 0 Å². The SMILES string of the molecule is Cc1cc(C)cc(COc2ccc3c(c2)C(N)CCC3)c1. The minimum atomic E-state index is 0.165. The number of benzene rings is 2. The molecule has 110 valence electrons. The van der Waals surface area contributed by atoms with Crippen LogP contribution in [0.5, 0.6) is 5.75 Å². The van der Waals surface area contributed by atoms with Crippen LogP contribution in [0, 0.1) is 13.8 Å². The molecule has 0 aliphatic heterocycles. The van der Waals surface area contributed by atoms with Gasteiger partial charge < -0.3 is 10.5 Å². The Bertz CT molecular complexity index is 628. The molecule has 1 unspecified atom stereocenters. The number of ether oxygens (including phenoxy) is 1. The van der Waals surface area contributed by atoms with E-state index in [1.165, 1.54) is 34.2 Å². The van der Waals surface area contributed by atoms with E-state index in [9.17, 15) is 0 Å². The van der Waals surface area contributed by atoms with E-state index in [0.717, 1.165) is 18.6 Å². The summed E-state index contributed by atoms with van der Waals surface area (Å²) in [5.41, 5.74) is 12.6. The Morgan fingerprint density at radius 2 is 1.86 bits per heavy atom. The number of nitrogens with two attached hydrogens (primary N) is 1. The second kappa shape index (κ2) is 5.90. The largest absolute Gasteiger partial charge is 0.489 e. The third-order valence-corrected chi connectivity index (χ3v) is 4.17. The molecule has 2 heteroatoms. The topological polar surface area (TPSA) is 35.2 Å². The summed E-state index contributed by atoms with van der Waals surface area (Å²) in [4.78, 5) is 0. The van der Waals surface area contributed by atoms with Gasteiger partial charge in [-0.25, -0.2) is 0 Å². The molecular formula is C19H23NO. The van der Waals surface area contributed by atoms with Gasteiger partial charge in [0.2, 0.25) is 0 Å². The van der Waals surface area contributed by atoms with Crippen LogP contribution in [0.25, 0.3) is 0 Å². The van der Waals surface area contributed by atoms with Crippen LogP contribution >= 0.6 is 0 Å². The molecule has 0 heterocycles. The molecule has 1 aliphatic carbocycles. The molecule has 0 bridgehead atoms. The molecule has 0 radical (unpaired) electrons. The van der Waals surface area contributed by atoms with Gasteiger partial charge in [0.25, 0.3) is 0 Å². The van der Waals surface area contributed by atoms with E-state index in [0.29, 0.717) is 6.61 Å². The predicted octanol–water partition coefficient (Wildman–Crippen LogP) is 4.22. The fraction of sp³-hybridized carbons (Fsp3) is 0.368. The number of hydrogen-bond donors (Lipinski definition) is 1. The maximum absolute atomic E-state index is 6.21. The van der Waals surface area contributed by atoms with Crippen molar-refractivity contribution in [2.75, 3.05) is 0 Å². The van der Waals surface area contributed by atoms with Crippen molar-refractivity contribution >= 4 is 0 Å². The number of hydrogen-bond acceptors (Lipinski definition) is 2. The Labute approximate surface area is 126 Å². The molecule has 0 saturated carbocycles. The summed E-state index contributed by atoms with van der Waals surface area (Å²) in [7, 11) is 0. The predicted molar refractivity (Wildman–Crippen MR) is 86.6 cm³/mol. The molecule has 3 rings (SSSR count). The van der Waals surface area contributed by atoms with Crippen molar-refractivity contribution < 1.29 is 4.74 Å². The molecule has 2 nitrogen and oxygen atoms in total. The van der Waals surface area contributed by atoms with E-state index in [2.05, 4.69) is 50.2 Å². The van der Waals surface area contributed by atoms with Crippen molar-refractivity contribution in [2.45, 2.75) is 45.8 Å². The summed E-state index contributed by atoms with van der Waals surface area (Å²) in [5.74, 6) is 0.922. The zero-order valence-corrected chi connectivity index (χ0v) is 12.9. The lowest BCUT2D eigenvalue weighted by molar-refractivity contribution is 0.305. The Kier molecular flexibility index (Phi) is 3.98. The van der Waals surface area contributed by atoms with Gasteiger partial charge in [-0.3, -0.25) is 0 Å². The Balaban J connectivity index is 1.75. The molecule has 0 spiro atoms. The first-order chi connectivity index (χ1) is 10.1. The second-order valence-electron chi connectivity index (χ2n) is 6.14. The van der Waals surface area contributed by atoms with Crippen molar-refractivity contribution in [3.05, 3.63) is 64.2 Å². The van der Waals surface area contributed by atoms with Crippen molar-refractivity contribution in [3.8, 4) is 5.75 Å². The van der Waals surface area contributed by atoms with Crippen LogP contribution < -0.4 is 10.5 Å². The second-order valence-corrected chi connectivity index (χ2v) is 6.14. The first-order valence-corrected chi connectivity index (χ1v) is 7.70. The van der Waals surface area contributed by atoms with E-state index in [1.54, 1.807) is 0 Å². The first kappa shape index (κ1) is 14.2. The maximum atomic E-state index is 6.21. The highest BCUT2D eigenvalue weighted by Crippen LogP contribution is 2.31. The molecule has 0 aromatic heterocycles. The molecule has 2 N–H and O–H groups in total. The normalized spacial score (nSPS) is 17.4. The summed E-state index contributed by atoms with van der Waals surface area (Å²) in [5, 5.41) is 0. The average molecular weight is 281 g/mol. The maximum Gasteiger partial charge on any atom is 0.120 e. The minimum absolute atomic E-state index is 0.165. The number of rotatable bonds is 3. The molecule has 2 aromatic rings. The molecule has 0 fully saturated rings. The third kappa shape index (κ3) is 3.27. The third-order valence-electron chi connectivity index (χ3n) is 4.17. The lowest BCUT2D eigenvalue weighted by Crippen LogP contribution is -2.17. The molecule has 1 atom stereocenters. The molecule has 1 aliphatic rings. The Hall–Kier alpha value is -1.80. The average Bonchev–Trinajstić information content (AvgIpc) is 2.45. The van der Waals surface area contributed by atoms with Gasteiger partial charge in [-0.2, -0.15) is 0 Å². The highest BCUT2D eigenvalue weighted by Gasteiger charge is 2.17. The molecule has 0 saturated heterocycles. The summed E-state index contributed by atoms with van der Waals surface area (Å²) in [6.45, 7) is 4.85. The highest BCUT2D eigenvalue weighted by molar-refractivity contribution is 5.39. The Morgan fingerprint density at radius 3 is 2.62 bits per heavy atom. The zero-order chi connectivity index (χ0) is 14.8. The van der Waals surface area contributed by atoms with Gasteiger partial charge in [0.15, 0.2) is 0 Å². The van der Waals surface area contributed by atoms with E-state index >= 15 is 0 Å². The van der Waals surface area contributed by atoms with Crippen molar-refractivity contribution in [2.24, 2.45) is 5.73 Å². The van der Waals surface area contributed by atoms with Crippen molar-refractivity contribution in [1.82, 2.24) is 0 Å². The highest BCUT2D eigenvalue weighted by atomic mass is 16.5. The van der Waals surface area contributed by atoms with Gasteiger partial charge in [0.1, 0.15) is 12.4 Å². The fourth-order valence-electron chi connectivity index (χ4n) is 3.22. The van der Waals surface area contributed by atoms with Crippen LogP contribution in [0.2, 0.25) is 0 Å². The summed E-state index contributed by atoms with van der Waals surface area (Å²) in [6.07, 6.45) is 3.41. The molecular weight excluding hydrogens is 258 g/mol. The van der Waals surface area contributed by atoms with Gasteiger partial charge in [-0.15, -0.1) is 0 Å². The van der Waals surface area contributed by atoms with Gasteiger partial charge >= 0.3 is 0 Å². The van der Waals surface area contributed by atoms with Crippen LogP contribution in [0.3, 0.4) is 0 Å². The van der Waals surface area contributed by atoms with E-state index in [4.69, 9.17) is 10.5 Å². The summed E-state index contributed by atoms with van der Waals surface area (Å²) in [6, 6.07) is 13.1. The van der Waals surface area contributed by atoms with Gasteiger partial charge in [0, 0.05) is 6.04 Å². The summed E-state index contributed by atoms with van der Waals surface area (Å²) < 4.78 is 5.96. The molecule has 21 heavy (non-hydrogen) atoms. The summed E-state index contributed by atoms with van der Waals surface area (Å²) >= 11 is 0. The smallest absolute Gasteiger partial charge is 0.120 e. The van der Waals surface area contributed by atoms with Crippen molar-refractivity contribution in [1.29, 1.82) is 0 Å². The first-order valence-electron chi connectivity index (χ1n) is 7.70. The van der Waals surface area contributed by atoms with Crippen LogP contribution in [0.15, 0.2) is 36.4 Å². The van der Waals surface area contributed by atoms with Crippen LogP contribution in [0.1, 0.15) is 46.7 Å².